The van der Waals surface area contributed by atoms with Crippen molar-refractivity contribution in [3.8, 4) is 0 Å². The Morgan fingerprint density at radius 1 is 1.26 bits per heavy atom. The number of nitrogens with one attached hydrogen (secondary N) is 1. The Balaban J connectivity index is 2.18. The van der Waals surface area contributed by atoms with E-state index in [9.17, 15) is 0 Å². The van der Waals surface area contributed by atoms with E-state index < -0.39 is 0 Å². The van der Waals surface area contributed by atoms with Gasteiger partial charge >= 0.3 is 0 Å². The number of thiophene rings is 1. The molecular weight excluding hydrogens is 294 g/mol. The van der Waals surface area contributed by atoms with Crippen LogP contribution in [0.25, 0.3) is 0 Å². The van der Waals surface area contributed by atoms with E-state index in [4.69, 9.17) is 11.6 Å². The summed E-state index contributed by atoms with van der Waals surface area (Å²) in [4.78, 5) is 1.23. The van der Waals surface area contributed by atoms with Crippen molar-refractivity contribution in [2.24, 2.45) is 0 Å². The molecule has 1 aromatic carbocycles. The zero-order valence-corrected chi connectivity index (χ0v) is 13.8. The van der Waals surface area contributed by atoms with Gasteiger partial charge in [0.25, 0.3) is 0 Å². The maximum absolute atomic E-state index is 6.12. The van der Waals surface area contributed by atoms with E-state index >= 15 is 0 Å². The van der Waals surface area contributed by atoms with Gasteiger partial charge in [0.05, 0.1) is 4.21 Å². The Labute approximate surface area is 128 Å². The molecule has 0 amide bonds. The van der Waals surface area contributed by atoms with Crippen LogP contribution in [0.3, 0.4) is 0 Å². The number of hydrogen-bond donors (Lipinski definition) is 1. The molecule has 2 aromatic rings. The van der Waals surface area contributed by atoms with E-state index in [1.807, 2.05) is 12.1 Å². The predicted octanol–water partition coefficient (Wildman–Crippen LogP) is 5.44. The molecule has 0 aliphatic heterocycles. The van der Waals surface area contributed by atoms with Crippen LogP contribution in [0.1, 0.15) is 26.3 Å². The molecule has 0 atom stereocenters. The Kier molecular flexibility index (Phi) is 4.96. The largest absolute Gasteiger partial charge is 0.308 e. The van der Waals surface area contributed by atoms with E-state index in [0.717, 1.165) is 11.6 Å². The third kappa shape index (κ3) is 4.84. The third-order valence-corrected chi connectivity index (χ3v) is 4.92. The minimum atomic E-state index is 0.116. The molecular formula is C15H18ClNS2. The van der Waals surface area contributed by atoms with Crippen molar-refractivity contribution in [3.63, 3.8) is 0 Å². The van der Waals surface area contributed by atoms with Gasteiger partial charge in [-0.25, -0.2) is 0 Å². The molecule has 0 radical (unpaired) electrons. The van der Waals surface area contributed by atoms with Crippen LogP contribution in [0.15, 0.2) is 44.8 Å². The number of benzene rings is 1. The van der Waals surface area contributed by atoms with Gasteiger partial charge in [-0.2, -0.15) is 0 Å². The molecule has 2 rings (SSSR count). The maximum Gasteiger partial charge on any atom is 0.0646 e. The molecule has 4 heteroatoms. The molecule has 0 bridgehead atoms. The summed E-state index contributed by atoms with van der Waals surface area (Å²) in [7, 11) is 0. The average molecular weight is 312 g/mol. The summed E-state index contributed by atoms with van der Waals surface area (Å²) in [5, 5.41) is 6.41. The Hall–Kier alpha value is -0.480. The molecule has 0 saturated carbocycles. The van der Waals surface area contributed by atoms with Crippen molar-refractivity contribution in [1.29, 1.82) is 0 Å². The second kappa shape index (κ2) is 6.31. The number of halogens is 1. The molecule has 0 aliphatic rings. The van der Waals surface area contributed by atoms with Crippen molar-refractivity contribution >= 4 is 34.7 Å². The third-order valence-electron chi connectivity index (χ3n) is 2.54. The lowest BCUT2D eigenvalue weighted by molar-refractivity contribution is 0.422. The van der Waals surface area contributed by atoms with Crippen LogP contribution in [0, 0.1) is 0 Å². The minimum absolute atomic E-state index is 0.116. The maximum atomic E-state index is 6.12. The van der Waals surface area contributed by atoms with Gasteiger partial charge in [0, 0.05) is 22.0 Å². The van der Waals surface area contributed by atoms with Gasteiger partial charge in [-0.1, -0.05) is 35.5 Å². The predicted molar refractivity (Wildman–Crippen MR) is 86.5 cm³/mol. The first-order chi connectivity index (χ1) is 8.94. The highest BCUT2D eigenvalue weighted by Gasteiger charge is 2.11. The van der Waals surface area contributed by atoms with Crippen LogP contribution in [-0.4, -0.2) is 5.54 Å². The highest BCUT2D eigenvalue weighted by Crippen LogP contribution is 2.35. The fourth-order valence-corrected chi connectivity index (χ4v) is 3.69. The van der Waals surface area contributed by atoms with Crippen LogP contribution in [-0.2, 0) is 6.54 Å². The summed E-state index contributed by atoms with van der Waals surface area (Å²) in [5.41, 5.74) is 1.41. The summed E-state index contributed by atoms with van der Waals surface area (Å²) in [6.45, 7) is 7.38. The van der Waals surface area contributed by atoms with Gasteiger partial charge in [0.1, 0.15) is 0 Å². The van der Waals surface area contributed by atoms with E-state index in [1.54, 1.807) is 23.1 Å². The van der Waals surface area contributed by atoms with Crippen molar-refractivity contribution < 1.29 is 0 Å². The molecule has 1 aromatic heterocycles. The minimum Gasteiger partial charge on any atom is -0.308 e. The van der Waals surface area contributed by atoms with Gasteiger partial charge in [-0.15, -0.1) is 11.3 Å². The summed E-state index contributed by atoms with van der Waals surface area (Å²) in [6, 6.07) is 10.3. The smallest absolute Gasteiger partial charge is 0.0646 e. The first-order valence-corrected chi connectivity index (χ1v) is 8.26. The first-order valence-electron chi connectivity index (χ1n) is 6.19. The molecule has 1 nitrogen and oxygen atoms in total. The summed E-state index contributed by atoms with van der Waals surface area (Å²) in [5.74, 6) is 0. The quantitative estimate of drug-likeness (QED) is 0.806. The van der Waals surface area contributed by atoms with E-state index in [-0.39, 0.29) is 5.54 Å². The Morgan fingerprint density at radius 3 is 2.68 bits per heavy atom. The Bertz CT molecular complexity index is 530. The number of rotatable bonds is 4. The SMILES string of the molecule is CC(C)(C)NCc1ccc(Cl)cc1Sc1cccs1. The van der Waals surface area contributed by atoms with Gasteiger partial charge < -0.3 is 5.32 Å². The van der Waals surface area contributed by atoms with E-state index in [1.165, 1.54) is 14.7 Å². The summed E-state index contributed by atoms with van der Waals surface area (Å²) < 4.78 is 1.29. The van der Waals surface area contributed by atoms with Gasteiger partial charge in [-0.05, 0) is 49.9 Å². The molecule has 0 saturated heterocycles. The van der Waals surface area contributed by atoms with Crippen LogP contribution in [0.5, 0.6) is 0 Å². The number of hydrogen-bond acceptors (Lipinski definition) is 3. The van der Waals surface area contributed by atoms with Crippen LogP contribution in [0.2, 0.25) is 5.02 Å². The lowest BCUT2D eigenvalue weighted by Crippen LogP contribution is -2.35. The highest BCUT2D eigenvalue weighted by atomic mass is 35.5. The summed E-state index contributed by atoms with van der Waals surface area (Å²) >= 11 is 9.65. The van der Waals surface area contributed by atoms with Crippen molar-refractivity contribution in [3.05, 3.63) is 46.3 Å². The first kappa shape index (κ1) is 14.9. The molecule has 0 aliphatic carbocycles. The van der Waals surface area contributed by atoms with Gasteiger partial charge in [0.15, 0.2) is 0 Å². The van der Waals surface area contributed by atoms with E-state index in [0.29, 0.717) is 0 Å². The Morgan fingerprint density at radius 2 is 2.05 bits per heavy atom. The molecule has 102 valence electrons. The standard InChI is InChI=1S/C15H18ClNS2/c1-15(2,3)17-10-11-6-7-12(16)9-13(11)19-14-5-4-8-18-14/h4-9,17H,10H2,1-3H3. The van der Waals surface area contributed by atoms with Crippen LogP contribution >= 0.6 is 34.7 Å². The second-order valence-electron chi connectivity index (χ2n) is 5.39. The van der Waals surface area contributed by atoms with Crippen LogP contribution < -0.4 is 5.32 Å². The molecule has 0 fully saturated rings. The van der Waals surface area contributed by atoms with Gasteiger partial charge in [-0.3, -0.25) is 0 Å². The van der Waals surface area contributed by atoms with Gasteiger partial charge in [0.2, 0.25) is 0 Å². The van der Waals surface area contributed by atoms with Crippen molar-refractivity contribution in [1.82, 2.24) is 5.32 Å². The van der Waals surface area contributed by atoms with Crippen LogP contribution in [0.4, 0.5) is 0 Å². The zero-order chi connectivity index (χ0) is 13.9. The molecule has 0 unspecified atom stereocenters. The molecule has 1 N–H and O–H groups in total. The molecule has 19 heavy (non-hydrogen) atoms. The lowest BCUT2D eigenvalue weighted by atomic mass is 10.1. The molecule has 1 heterocycles. The van der Waals surface area contributed by atoms with Crippen molar-refractivity contribution in [2.75, 3.05) is 0 Å². The molecule has 0 spiro atoms. The zero-order valence-electron chi connectivity index (χ0n) is 11.4. The lowest BCUT2D eigenvalue weighted by Gasteiger charge is -2.21. The average Bonchev–Trinajstić information content (AvgIpc) is 2.79. The van der Waals surface area contributed by atoms with E-state index in [2.05, 4.69) is 49.7 Å². The fourth-order valence-electron chi connectivity index (χ4n) is 1.56. The highest BCUT2D eigenvalue weighted by molar-refractivity contribution is 8.01. The normalized spacial score (nSPS) is 11.8. The second-order valence-corrected chi connectivity index (χ2v) is 8.12. The van der Waals surface area contributed by atoms with Crippen molar-refractivity contribution in [2.45, 2.75) is 42.0 Å². The monoisotopic (exact) mass is 311 g/mol. The fraction of sp³-hybridized carbons (Fsp3) is 0.333. The topological polar surface area (TPSA) is 12.0 Å². The summed E-state index contributed by atoms with van der Waals surface area (Å²) in [6.07, 6.45) is 0.